The van der Waals surface area contributed by atoms with Crippen LogP contribution < -0.4 is 11.1 Å². The molecule has 1 atom stereocenters. The molecule has 0 saturated carbocycles. The lowest BCUT2D eigenvalue weighted by molar-refractivity contribution is -0.126. The molecule has 106 valence electrons. The van der Waals surface area contributed by atoms with Gasteiger partial charge in [-0.2, -0.15) is 0 Å². The molecule has 0 aliphatic rings. The van der Waals surface area contributed by atoms with Crippen LogP contribution >= 0.6 is 0 Å². The SMILES string of the molecule is CCCCCOC(C)C(=O)Nc1cccc(CN)c1. The van der Waals surface area contributed by atoms with Crippen LogP contribution in [0.1, 0.15) is 38.7 Å². The topological polar surface area (TPSA) is 64.3 Å². The lowest BCUT2D eigenvalue weighted by Crippen LogP contribution is -2.28. The number of hydrogen-bond acceptors (Lipinski definition) is 3. The standard InChI is InChI=1S/C15H24N2O2/c1-3-4-5-9-19-12(2)15(18)17-14-8-6-7-13(10-14)11-16/h6-8,10,12H,3-5,9,11,16H2,1-2H3,(H,17,18). The van der Waals surface area contributed by atoms with Crippen molar-refractivity contribution in [3.63, 3.8) is 0 Å². The smallest absolute Gasteiger partial charge is 0.253 e. The van der Waals surface area contributed by atoms with Crippen molar-refractivity contribution in [1.29, 1.82) is 0 Å². The maximum Gasteiger partial charge on any atom is 0.253 e. The van der Waals surface area contributed by atoms with E-state index in [1.807, 2.05) is 24.3 Å². The lowest BCUT2D eigenvalue weighted by atomic mass is 10.2. The van der Waals surface area contributed by atoms with Crippen LogP contribution in [-0.2, 0) is 16.1 Å². The van der Waals surface area contributed by atoms with Crippen molar-refractivity contribution in [2.75, 3.05) is 11.9 Å². The van der Waals surface area contributed by atoms with Crippen molar-refractivity contribution >= 4 is 11.6 Å². The van der Waals surface area contributed by atoms with Gasteiger partial charge >= 0.3 is 0 Å². The van der Waals surface area contributed by atoms with Crippen molar-refractivity contribution in [3.8, 4) is 0 Å². The number of hydrogen-bond donors (Lipinski definition) is 2. The van der Waals surface area contributed by atoms with E-state index in [9.17, 15) is 4.79 Å². The summed E-state index contributed by atoms with van der Waals surface area (Å²) in [7, 11) is 0. The first-order valence-electron chi connectivity index (χ1n) is 6.88. The highest BCUT2D eigenvalue weighted by Crippen LogP contribution is 2.11. The normalized spacial score (nSPS) is 12.2. The molecule has 0 fully saturated rings. The van der Waals surface area contributed by atoms with Gasteiger partial charge in [0, 0.05) is 18.8 Å². The predicted molar refractivity (Wildman–Crippen MR) is 77.9 cm³/mol. The number of anilines is 1. The number of unbranched alkanes of at least 4 members (excludes halogenated alkanes) is 2. The van der Waals surface area contributed by atoms with Gasteiger partial charge in [-0.05, 0) is 31.0 Å². The molecule has 1 amide bonds. The maximum absolute atomic E-state index is 11.9. The molecule has 0 aromatic heterocycles. The molecule has 3 N–H and O–H groups in total. The third-order valence-electron chi connectivity index (χ3n) is 2.92. The van der Waals surface area contributed by atoms with Gasteiger partial charge in [-0.15, -0.1) is 0 Å². The van der Waals surface area contributed by atoms with Crippen LogP contribution in [0.3, 0.4) is 0 Å². The Kier molecular flexibility index (Phi) is 7.15. The Labute approximate surface area is 115 Å². The number of ether oxygens (including phenoxy) is 1. The van der Waals surface area contributed by atoms with Crippen LogP contribution in [0.25, 0.3) is 0 Å². The Morgan fingerprint density at radius 2 is 2.21 bits per heavy atom. The molecule has 1 rings (SSSR count). The summed E-state index contributed by atoms with van der Waals surface area (Å²) in [5.74, 6) is -0.120. The number of carbonyl (C=O) groups excluding carboxylic acids is 1. The minimum Gasteiger partial charge on any atom is -0.369 e. The van der Waals surface area contributed by atoms with E-state index in [-0.39, 0.29) is 5.91 Å². The number of carbonyl (C=O) groups is 1. The molecule has 0 aliphatic heterocycles. The van der Waals surface area contributed by atoms with E-state index in [1.54, 1.807) is 6.92 Å². The van der Waals surface area contributed by atoms with Crippen molar-refractivity contribution < 1.29 is 9.53 Å². The lowest BCUT2D eigenvalue weighted by Gasteiger charge is -2.13. The van der Waals surface area contributed by atoms with Crippen molar-refractivity contribution in [1.82, 2.24) is 0 Å². The van der Waals surface area contributed by atoms with Crippen LogP contribution in [0.5, 0.6) is 0 Å². The highest BCUT2D eigenvalue weighted by atomic mass is 16.5. The molecule has 0 spiro atoms. The third-order valence-corrected chi connectivity index (χ3v) is 2.92. The van der Waals surface area contributed by atoms with Crippen molar-refractivity contribution in [2.45, 2.75) is 45.8 Å². The van der Waals surface area contributed by atoms with Gasteiger partial charge in [-0.25, -0.2) is 0 Å². The molecule has 1 aromatic rings. The summed E-state index contributed by atoms with van der Waals surface area (Å²) in [6.45, 7) is 5.01. The van der Waals surface area contributed by atoms with Crippen LogP contribution in [-0.4, -0.2) is 18.6 Å². The Hall–Kier alpha value is -1.39. The van der Waals surface area contributed by atoms with Gasteiger partial charge in [0.1, 0.15) is 6.10 Å². The van der Waals surface area contributed by atoms with E-state index in [2.05, 4.69) is 12.2 Å². The summed E-state index contributed by atoms with van der Waals surface area (Å²) in [5.41, 5.74) is 7.32. The summed E-state index contributed by atoms with van der Waals surface area (Å²) in [4.78, 5) is 11.9. The van der Waals surface area contributed by atoms with E-state index in [4.69, 9.17) is 10.5 Å². The molecular weight excluding hydrogens is 240 g/mol. The fraction of sp³-hybridized carbons (Fsp3) is 0.533. The van der Waals surface area contributed by atoms with E-state index >= 15 is 0 Å². The minimum absolute atomic E-state index is 0.120. The van der Waals surface area contributed by atoms with E-state index in [0.29, 0.717) is 13.2 Å². The number of rotatable bonds is 8. The molecule has 4 heteroatoms. The molecule has 0 saturated heterocycles. The number of nitrogens with one attached hydrogen (secondary N) is 1. The first-order valence-corrected chi connectivity index (χ1v) is 6.88. The highest BCUT2D eigenvalue weighted by Gasteiger charge is 2.13. The molecule has 0 heterocycles. The van der Waals surface area contributed by atoms with Gasteiger partial charge in [0.15, 0.2) is 0 Å². The van der Waals surface area contributed by atoms with Crippen LogP contribution in [0.2, 0.25) is 0 Å². The highest BCUT2D eigenvalue weighted by molar-refractivity contribution is 5.93. The number of amides is 1. The average molecular weight is 264 g/mol. The second-order valence-corrected chi connectivity index (χ2v) is 4.61. The fourth-order valence-electron chi connectivity index (χ4n) is 1.71. The first-order chi connectivity index (χ1) is 9.17. The number of nitrogens with two attached hydrogens (primary N) is 1. The largest absolute Gasteiger partial charge is 0.369 e. The summed E-state index contributed by atoms with van der Waals surface area (Å²) in [6, 6.07) is 7.54. The van der Waals surface area contributed by atoms with Crippen LogP contribution in [0, 0.1) is 0 Å². The second kappa shape index (κ2) is 8.67. The predicted octanol–water partition coefficient (Wildman–Crippen LogP) is 2.68. The van der Waals surface area contributed by atoms with Gasteiger partial charge in [0.2, 0.25) is 0 Å². The van der Waals surface area contributed by atoms with Crippen LogP contribution in [0.15, 0.2) is 24.3 Å². The Bertz CT molecular complexity index is 393. The average Bonchev–Trinajstić information content (AvgIpc) is 2.43. The van der Waals surface area contributed by atoms with Crippen molar-refractivity contribution in [3.05, 3.63) is 29.8 Å². The van der Waals surface area contributed by atoms with Gasteiger partial charge in [-0.3, -0.25) is 4.79 Å². The van der Waals surface area contributed by atoms with Gasteiger partial charge in [0.05, 0.1) is 0 Å². The molecule has 1 aromatic carbocycles. The van der Waals surface area contributed by atoms with Gasteiger partial charge in [0.25, 0.3) is 5.91 Å². The third kappa shape index (κ3) is 5.85. The molecule has 0 bridgehead atoms. The molecule has 0 aliphatic carbocycles. The summed E-state index contributed by atoms with van der Waals surface area (Å²) >= 11 is 0. The van der Waals surface area contributed by atoms with Crippen LogP contribution in [0.4, 0.5) is 5.69 Å². The van der Waals surface area contributed by atoms with E-state index in [0.717, 1.165) is 30.5 Å². The Morgan fingerprint density at radius 3 is 2.89 bits per heavy atom. The zero-order valence-corrected chi connectivity index (χ0v) is 11.8. The molecule has 1 unspecified atom stereocenters. The molecule has 4 nitrogen and oxygen atoms in total. The van der Waals surface area contributed by atoms with E-state index in [1.165, 1.54) is 0 Å². The molecule has 19 heavy (non-hydrogen) atoms. The summed E-state index contributed by atoms with van der Waals surface area (Å²) in [5, 5.41) is 2.84. The maximum atomic E-state index is 11.9. The zero-order chi connectivity index (χ0) is 14.1. The molecule has 0 radical (unpaired) electrons. The summed E-state index contributed by atoms with van der Waals surface area (Å²) < 4.78 is 5.50. The van der Waals surface area contributed by atoms with Crippen molar-refractivity contribution in [2.24, 2.45) is 5.73 Å². The second-order valence-electron chi connectivity index (χ2n) is 4.61. The quantitative estimate of drug-likeness (QED) is 0.709. The zero-order valence-electron chi connectivity index (χ0n) is 11.8. The summed E-state index contributed by atoms with van der Waals surface area (Å²) in [6.07, 6.45) is 2.85. The molecular formula is C15H24N2O2. The van der Waals surface area contributed by atoms with Gasteiger partial charge < -0.3 is 15.8 Å². The van der Waals surface area contributed by atoms with Gasteiger partial charge in [-0.1, -0.05) is 31.9 Å². The minimum atomic E-state index is -0.432. The fourth-order valence-corrected chi connectivity index (χ4v) is 1.71. The number of benzene rings is 1. The Morgan fingerprint density at radius 1 is 1.42 bits per heavy atom. The Balaban J connectivity index is 2.40. The first kappa shape index (κ1) is 15.7. The van der Waals surface area contributed by atoms with E-state index < -0.39 is 6.10 Å². The monoisotopic (exact) mass is 264 g/mol.